The van der Waals surface area contributed by atoms with Crippen LogP contribution >= 0.6 is 11.3 Å². The smallest absolute Gasteiger partial charge is 0.224 e. The van der Waals surface area contributed by atoms with Gasteiger partial charge in [0.1, 0.15) is 0 Å². The van der Waals surface area contributed by atoms with Crippen LogP contribution in [0.5, 0.6) is 0 Å². The van der Waals surface area contributed by atoms with Crippen LogP contribution in [0.25, 0.3) is 11.3 Å². The number of amides is 1. The lowest BCUT2D eigenvalue weighted by Gasteiger charge is -2.22. The molecule has 4 nitrogen and oxygen atoms in total. The Morgan fingerprint density at radius 3 is 2.74 bits per heavy atom. The molecule has 0 unspecified atom stereocenters. The van der Waals surface area contributed by atoms with E-state index in [0.29, 0.717) is 12.3 Å². The maximum atomic E-state index is 12.4. The van der Waals surface area contributed by atoms with Crippen LogP contribution in [-0.2, 0) is 4.79 Å². The molecule has 1 aromatic heterocycles. The fourth-order valence-electron chi connectivity index (χ4n) is 3.85. The van der Waals surface area contributed by atoms with Gasteiger partial charge in [0.15, 0.2) is 5.13 Å². The summed E-state index contributed by atoms with van der Waals surface area (Å²) in [6.45, 7) is 11.0. The summed E-state index contributed by atoms with van der Waals surface area (Å²) < 4.78 is 0. The lowest BCUT2D eigenvalue weighted by Crippen LogP contribution is -2.18. The van der Waals surface area contributed by atoms with Gasteiger partial charge in [0.25, 0.3) is 0 Å². The molecule has 1 fully saturated rings. The van der Waals surface area contributed by atoms with Gasteiger partial charge in [0.05, 0.1) is 5.69 Å². The molecule has 1 aromatic carbocycles. The Hall–Kier alpha value is -1.88. The molecule has 0 bridgehead atoms. The predicted octanol–water partition coefficient (Wildman–Crippen LogP) is 5.81. The lowest BCUT2D eigenvalue weighted by molar-refractivity contribution is -0.117. The van der Waals surface area contributed by atoms with Gasteiger partial charge in [-0.3, -0.25) is 4.79 Å². The Kier molecular flexibility index (Phi) is 6.20. The maximum absolute atomic E-state index is 12.4. The number of nitrogens with zero attached hydrogens (tertiary/aromatic N) is 2. The molecule has 0 radical (unpaired) electrons. The molecular weight excluding hydrogens is 354 g/mol. The van der Waals surface area contributed by atoms with Crippen molar-refractivity contribution >= 4 is 28.1 Å². The first-order chi connectivity index (χ1) is 12.8. The molecule has 2 heterocycles. The third kappa shape index (κ3) is 5.80. The second-order valence-electron chi connectivity index (χ2n) is 8.91. The van der Waals surface area contributed by atoms with Crippen molar-refractivity contribution in [1.29, 1.82) is 0 Å². The van der Waals surface area contributed by atoms with Gasteiger partial charge in [0.2, 0.25) is 5.91 Å². The molecule has 0 spiro atoms. The second-order valence-corrected chi connectivity index (χ2v) is 9.75. The molecule has 1 saturated heterocycles. The fraction of sp³-hybridized carbons (Fsp3) is 0.545. The number of hydrogen-bond acceptors (Lipinski definition) is 4. The van der Waals surface area contributed by atoms with E-state index in [4.69, 9.17) is 4.98 Å². The van der Waals surface area contributed by atoms with E-state index in [1.807, 2.05) is 18.2 Å². The van der Waals surface area contributed by atoms with E-state index in [1.165, 1.54) is 12.8 Å². The van der Waals surface area contributed by atoms with Crippen LogP contribution in [0.3, 0.4) is 0 Å². The number of aromatic nitrogens is 1. The maximum Gasteiger partial charge on any atom is 0.224 e. The van der Waals surface area contributed by atoms with E-state index in [2.05, 4.69) is 49.4 Å². The third-order valence-electron chi connectivity index (χ3n) is 4.81. The van der Waals surface area contributed by atoms with Crippen LogP contribution in [0.1, 0.15) is 53.4 Å². The molecule has 3 rings (SSSR count). The monoisotopic (exact) mass is 385 g/mol. The number of benzene rings is 1. The van der Waals surface area contributed by atoms with Gasteiger partial charge in [-0.25, -0.2) is 4.98 Å². The average molecular weight is 386 g/mol. The number of carbonyl (C=O) groups excluding carboxylic acids is 1. The molecule has 1 atom stereocenters. The number of nitrogens with one attached hydrogen (secondary N) is 1. The first-order valence-corrected chi connectivity index (χ1v) is 10.8. The summed E-state index contributed by atoms with van der Waals surface area (Å²) in [6.07, 6.45) is 4.10. The summed E-state index contributed by atoms with van der Waals surface area (Å²) in [5, 5.41) is 6.27. The molecule has 1 amide bonds. The number of thiazole rings is 1. The normalized spacial score (nSPS) is 15.8. The Bertz CT molecular complexity index is 772. The number of rotatable bonds is 6. The van der Waals surface area contributed by atoms with Crippen LogP contribution in [0.2, 0.25) is 0 Å². The van der Waals surface area contributed by atoms with Crippen molar-refractivity contribution < 1.29 is 4.79 Å². The molecule has 0 saturated carbocycles. The van der Waals surface area contributed by atoms with Gasteiger partial charge in [0, 0.05) is 36.1 Å². The van der Waals surface area contributed by atoms with E-state index >= 15 is 0 Å². The topological polar surface area (TPSA) is 45.2 Å². The molecule has 5 heteroatoms. The molecule has 1 aliphatic rings. The first-order valence-electron chi connectivity index (χ1n) is 9.91. The summed E-state index contributed by atoms with van der Waals surface area (Å²) in [5.74, 6) is 0.453. The first kappa shape index (κ1) is 19.9. The summed E-state index contributed by atoms with van der Waals surface area (Å²) >= 11 is 1.70. The Morgan fingerprint density at radius 2 is 2.04 bits per heavy atom. The summed E-state index contributed by atoms with van der Waals surface area (Å²) in [6, 6.07) is 8.01. The summed E-state index contributed by atoms with van der Waals surface area (Å²) in [5.41, 5.74) is 3.13. The number of carbonyl (C=O) groups is 1. The summed E-state index contributed by atoms with van der Waals surface area (Å²) in [4.78, 5) is 19.6. The van der Waals surface area contributed by atoms with Crippen LogP contribution in [-0.4, -0.2) is 24.0 Å². The van der Waals surface area contributed by atoms with Crippen LogP contribution < -0.4 is 10.2 Å². The van der Waals surface area contributed by atoms with Crippen molar-refractivity contribution in [2.75, 3.05) is 23.3 Å². The molecule has 1 aliphatic heterocycles. The van der Waals surface area contributed by atoms with Gasteiger partial charge in [-0.05, 0) is 42.7 Å². The van der Waals surface area contributed by atoms with Gasteiger partial charge in [-0.15, -0.1) is 11.3 Å². The zero-order chi connectivity index (χ0) is 19.4. The molecule has 1 N–H and O–H groups in total. The summed E-state index contributed by atoms with van der Waals surface area (Å²) in [7, 11) is 0. The highest BCUT2D eigenvalue weighted by Crippen LogP contribution is 2.31. The second kappa shape index (κ2) is 8.42. The molecular formula is C22H31N3OS. The van der Waals surface area contributed by atoms with Crippen molar-refractivity contribution in [3.63, 3.8) is 0 Å². The molecule has 0 aliphatic carbocycles. The largest absolute Gasteiger partial charge is 0.348 e. The zero-order valence-electron chi connectivity index (χ0n) is 16.9. The fourth-order valence-corrected chi connectivity index (χ4v) is 4.74. The zero-order valence-corrected chi connectivity index (χ0v) is 17.7. The van der Waals surface area contributed by atoms with Crippen molar-refractivity contribution in [2.45, 2.75) is 53.4 Å². The van der Waals surface area contributed by atoms with Crippen molar-refractivity contribution in [2.24, 2.45) is 11.3 Å². The van der Waals surface area contributed by atoms with Crippen LogP contribution in [0.15, 0.2) is 29.6 Å². The van der Waals surface area contributed by atoms with Crippen LogP contribution in [0.4, 0.5) is 10.8 Å². The minimum atomic E-state index is 0.0833. The number of hydrogen-bond donors (Lipinski definition) is 1. The number of anilines is 2. The van der Waals surface area contributed by atoms with Crippen LogP contribution in [0, 0.1) is 11.3 Å². The van der Waals surface area contributed by atoms with E-state index in [9.17, 15) is 4.79 Å². The highest BCUT2D eigenvalue weighted by Gasteiger charge is 2.18. The molecule has 27 heavy (non-hydrogen) atoms. The predicted molar refractivity (Wildman–Crippen MR) is 115 cm³/mol. The van der Waals surface area contributed by atoms with E-state index < -0.39 is 0 Å². The SMILES string of the molecule is C[C@@H](CC(=O)Nc1cccc(-c2csc(N3CCCC3)n2)c1)CC(C)(C)C. The van der Waals surface area contributed by atoms with Gasteiger partial charge in [-0.2, -0.15) is 0 Å². The Morgan fingerprint density at radius 1 is 1.30 bits per heavy atom. The highest BCUT2D eigenvalue weighted by molar-refractivity contribution is 7.14. The quantitative estimate of drug-likeness (QED) is 0.682. The van der Waals surface area contributed by atoms with Gasteiger partial charge >= 0.3 is 0 Å². The van der Waals surface area contributed by atoms with Crippen molar-refractivity contribution in [3.05, 3.63) is 29.6 Å². The lowest BCUT2D eigenvalue weighted by atomic mass is 9.84. The van der Waals surface area contributed by atoms with Gasteiger partial charge < -0.3 is 10.2 Å². The van der Waals surface area contributed by atoms with E-state index in [1.54, 1.807) is 11.3 Å². The molecule has 146 valence electrons. The van der Waals surface area contributed by atoms with Gasteiger partial charge in [-0.1, -0.05) is 39.8 Å². The van der Waals surface area contributed by atoms with E-state index in [-0.39, 0.29) is 11.3 Å². The molecule has 2 aromatic rings. The minimum Gasteiger partial charge on any atom is -0.348 e. The van der Waals surface area contributed by atoms with Crippen molar-refractivity contribution in [1.82, 2.24) is 4.98 Å². The third-order valence-corrected chi connectivity index (χ3v) is 5.71. The Balaban J connectivity index is 1.62. The average Bonchev–Trinajstić information content (AvgIpc) is 3.24. The minimum absolute atomic E-state index is 0.0833. The Labute approximate surface area is 167 Å². The van der Waals surface area contributed by atoms with Crippen molar-refractivity contribution in [3.8, 4) is 11.3 Å². The van der Waals surface area contributed by atoms with E-state index in [0.717, 1.165) is 41.6 Å². The highest BCUT2D eigenvalue weighted by atomic mass is 32.1. The standard InChI is InChI=1S/C22H31N3OS/c1-16(14-22(2,3)4)12-20(26)23-18-9-7-8-17(13-18)19-15-27-21(24-19)25-10-5-6-11-25/h7-9,13,15-16H,5-6,10-12,14H2,1-4H3,(H,23,26)/t16-/m0/s1.